The molecular weight excluding hydrogens is 372 g/mol. The van der Waals surface area contributed by atoms with Crippen molar-refractivity contribution in [3.63, 3.8) is 0 Å². The Hall–Kier alpha value is -1.21. The average Bonchev–Trinajstić information content (AvgIpc) is 3.10. The van der Waals surface area contributed by atoms with Gasteiger partial charge in [-0.15, -0.1) is 0 Å². The fourth-order valence-electron chi connectivity index (χ4n) is 4.09. The van der Waals surface area contributed by atoms with E-state index < -0.39 is 0 Å². The molecule has 0 saturated carbocycles. The summed E-state index contributed by atoms with van der Waals surface area (Å²) < 4.78 is 0. The molecule has 0 spiro atoms. The Morgan fingerprint density at radius 1 is 1.14 bits per heavy atom. The van der Waals surface area contributed by atoms with Gasteiger partial charge in [0, 0.05) is 31.6 Å². The topological polar surface area (TPSA) is 73.5 Å². The molecule has 6 nitrogen and oxygen atoms in total. The molecule has 0 aromatic rings. The third-order valence-corrected chi connectivity index (χ3v) is 6.16. The zero-order chi connectivity index (χ0) is 20.7. The summed E-state index contributed by atoms with van der Waals surface area (Å²) in [7, 11) is 0. The van der Waals surface area contributed by atoms with E-state index in [0.717, 1.165) is 51.6 Å². The molecule has 2 aliphatic rings. The van der Waals surface area contributed by atoms with E-state index in [1.165, 1.54) is 0 Å². The Morgan fingerprint density at radius 2 is 1.89 bits per heavy atom. The molecule has 0 aromatic heterocycles. The van der Waals surface area contributed by atoms with Crippen LogP contribution in [0.1, 0.15) is 66.2 Å². The largest absolute Gasteiger partial charge is 0.367 e. The van der Waals surface area contributed by atoms with Gasteiger partial charge in [-0.25, -0.2) is 0 Å². The highest BCUT2D eigenvalue weighted by Crippen LogP contribution is 2.26. The first-order chi connectivity index (χ1) is 13.2. The third-order valence-electron chi connectivity index (χ3n) is 5.90. The molecule has 2 rings (SSSR count). The Balaban J connectivity index is 2.17. The summed E-state index contributed by atoms with van der Waals surface area (Å²) in [5, 5.41) is 9.81. The Labute approximate surface area is 175 Å². The molecule has 2 aliphatic heterocycles. The monoisotopic (exact) mass is 410 g/mol. The normalized spacial score (nSPS) is 29.2. The third kappa shape index (κ3) is 6.41. The Bertz CT molecular complexity index is 561. The first kappa shape index (κ1) is 23.1. The van der Waals surface area contributed by atoms with Crippen molar-refractivity contribution in [2.45, 2.75) is 78.3 Å². The van der Waals surface area contributed by atoms with E-state index in [9.17, 15) is 9.59 Å². The van der Waals surface area contributed by atoms with Gasteiger partial charge in [-0.05, 0) is 44.1 Å². The summed E-state index contributed by atoms with van der Waals surface area (Å²) in [6.07, 6.45) is 5.72. The van der Waals surface area contributed by atoms with Crippen LogP contribution in [-0.4, -0.2) is 60.0 Å². The van der Waals surface area contributed by atoms with Crippen molar-refractivity contribution in [3.8, 4) is 0 Å². The molecule has 3 atom stereocenters. The highest BCUT2D eigenvalue weighted by molar-refractivity contribution is 7.80. The van der Waals surface area contributed by atoms with E-state index in [4.69, 9.17) is 12.2 Å². The number of carbonyl (C=O) groups is 2. The molecule has 28 heavy (non-hydrogen) atoms. The average molecular weight is 411 g/mol. The first-order valence-corrected chi connectivity index (χ1v) is 11.2. The minimum absolute atomic E-state index is 0.0588. The smallest absolute Gasteiger partial charge is 0.245 e. The number of thiocarbonyl (C=S) groups is 1. The van der Waals surface area contributed by atoms with Crippen LogP contribution in [-0.2, 0) is 9.59 Å². The number of carbonyl (C=O) groups excluding carboxylic acids is 2. The SMILES string of the molecule is CCC1CCCCNCC(=S)NC(C(C)(C)C)C(=O)N2CCCC2CNC1=O. The van der Waals surface area contributed by atoms with Gasteiger partial charge in [0.25, 0.3) is 0 Å². The Kier molecular flexibility index (Phi) is 8.68. The zero-order valence-electron chi connectivity index (χ0n) is 18.0. The molecule has 2 saturated heterocycles. The summed E-state index contributed by atoms with van der Waals surface area (Å²) in [6, 6.07) is -0.297. The molecule has 0 aromatic carbocycles. The Morgan fingerprint density at radius 3 is 2.57 bits per heavy atom. The summed E-state index contributed by atoms with van der Waals surface area (Å²) >= 11 is 5.51. The lowest BCUT2D eigenvalue weighted by molar-refractivity contribution is -0.137. The van der Waals surface area contributed by atoms with Crippen molar-refractivity contribution >= 4 is 29.0 Å². The lowest BCUT2D eigenvalue weighted by Gasteiger charge is -2.36. The van der Waals surface area contributed by atoms with Gasteiger partial charge in [-0.1, -0.05) is 46.3 Å². The molecule has 3 unspecified atom stereocenters. The van der Waals surface area contributed by atoms with Gasteiger partial charge in [0.2, 0.25) is 11.8 Å². The highest BCUT2D eigenvalue weighted by atomic mass is 32.1. The fraction of sp³-hybridized carbons (Fsp3) is 0.857. The molecule has 0 bridgehead atoms. The maximum Gasteiger partial charge on any atom is 0.245 e. The molecule has 7 heteroatoms. The van der Waals surface area contributed by atoms with E-state index in [2.05, 4.69) is 43.6 Å². The van der Waals surface area contributed by atoms with Crippen LogP contribution in [0, 0.1) is 11.3 Å². The molecule has 2 amide bonds. The van der Waals surface area contributed by atoms with Crippen LogP contribution >= 0.6 is 12.2 Å². The number of fused-ring (bicyclic) bond motifs is 1. The van der Waals surface area contributed by atoms with Crippen molar-refractivity contribution < 1.29 is 9.59 Å². The predicted molar refractivity (Wildman–Crippen MR) is 117 cm³/mol. The van der Waals surface area contributed by atoms with Crippen molar-refractivity contribution in [3.05, 3.63) is 0 Å². The van der Waals surface area contributed by atoms with Crippen LogP contribution in [0.3, 0.4) is 0 Å². The number of rotatable bonds is 1. The van der Waals surface area contributed by atoms with Gasteiger partial charge in [0.1, 0.15) is 6.04 Å². The minimum atomic E-state index is -0.366. The minimum Gasteiger partial charge on any atom is -0.367 e. The maximum absolute atomic E-state index is 13.4. The summed E-state index contributed by atoms with van der Waals surface area (Å²) in [5.41, 5.74) is -0.254. The summed E-state index contributed by atoms with van der Waals surface area (Å²) in [4.78, 5) is 28.6. The van der Waals surface area contributed by atoms with E-state index in [1.807, 2.05) is 4.90 Å². The fourth-order valence-corrected chi connectivity index (χ4v) is 4.31. The van der Waals surface area contributed by atoms with Crippen LogP contribution in [0.2, 0.25) is 0 Å². The first-order valence-electron chi connectivity index (χ1n) is 10.8. The van der Waals surface area contributed by atoms with Crippen molar-refractivity contribution in [2.75, 3.05) is 26.2 Å². The van der Waals surface area contributed by atoms with Crippen LogP contribution < -0.4 is 16.0 Å². The second-order valence-electron chi connectivity index (χ2n) is 9.22. The van der Waals surface area contributed by atoms with Gasteiger partial charge in [-0.3, -0.25) is 9.59 Å². The number of hydrogen-bond acceptors (Lipinski definition) is 4. The van der Waals surface area contributed by atoms with E-state index in [0.29, 0.717) is 18.1 Å². The lowest BCUT2D eigenvalue weighted by atomic mass is 9.85. The van der Waals surface area contributed by atoms with Gasteiger partial charge in [0.15, 0.2) is 0 Å². The molecule has 160 valence electrons. The van der Waals surface area contributed by atoms with Crippen molar-refractivity contribution in [1.82, 2.24) is 20.9 Å². The second kappa shape index (κ2) is 10.5. The second-order valence-corrected chi connectivity index (χ2v) is 9.71. The number of nitrogens with one attached hydrogen (secondary N) is 3. The molecular formula is C21H38N4O2S. The standard InChI is InChI=1S/C21H38N4O2S/c1-5-15-9-6-7-11-22-14-17(28)24-18(21(2,3)4)20(27)25-12-8-10-16(25)13-23-19(15)26/h15-16,18,22H,5-14H2,1-4H3,(H,23,26)(H,24,28). The highest BCUT2D eigenvalue weighted by Gasteiger charge is 2.39. The molecule has 2 heterocycles. The molecule has 3 N–H and O–H groups in total. The van der Waals surface area contributed by atoms with E-state index in [1.54, 1.807) is 0 Å². The van der Waals surface area contributed by atoms with Crippen molar-refractivity contribution in [2.24, 2.45) is 11.3 Å². The van der Waals surface area contributed by atoms with Gasteiger partial charge in [0.05, 0.1) is 4.99 Å². The summed E-state index contributed by atoms with van der Waals surface area (Å²) in [5.74, 6) is 0.280. The quantitative estimate of drug-likeness (QED) is 0.578. The van der Waals surface area contributed by atoms with Crippen LogP contribution in [0.15, 0.2) is 0 Å². The molecule has 0 radical (unpaired) electrons. The van der Waals surface area contributed by atoms with E-state index in [-0.39, 0.29) is 35.2 Å². The van der Waals surface area contributed by atoms with Crippen LogP contribution in [0.25, 0.3) is 0 Å². The number of nitrogens with zero attached hydrogens (tertiary/aromatic N) is 1. The van der Waals surface area contributed by atoms with Crippen LogP contribution in [0.5, 0.6) is 0 Å². The number of amides is 2. The van der Waals surface area contributed by atoms with Crippen molar-refractivity contribution in [1.29, 1.82) is 0 Å². The van der Waals surface area contributed by atoms with Crippen LogP contribution in [0.4, 0.5) is 0 Å². The van der Waals surface area contributed by atoms with Gasteiger partial charge >= 0.3 is 0 Å². The molecule has 2 fully saturated rings. The molecule has 0 aliphatic carbocycles. The predicted octanol–water partition coefficient (Wildman–Crippen LogP) is 2.23. The zero-order valence-corrected chi connectivity index (χ0v) is 18.8. The maximum atomic E-state index is 13.4. The van der Waals surface area contributed by atoms with Gasteiger partial charge < -0.3 is 20.9 Å². The van der Waals surface area contributed by atoms with E-state index >= 15 is 0 Å². The lowest BCUT2D eigenvalue weighted by Crippen LogP contribution is -2.57. The number of hydrogen-bond donors (Lipinski definition) is 3. The summed E-state index contributed by atoms with van der Waals surface area (Å²) in [6.45, 7) is 11.0. The van der Waals surface area contributed by atoms with Gasteiger partial charge in [-0.2, -0.15) is 0 Å².